The van der Waals surface area contributed by atoms with Gasteiger partial charge < -0.3 is 10.1 Å². The molecule has 0 spiro atoms. The molecule has 17 heavy (non-hydrogen) atoms. The fraction of sp³-hybridized carbons (Fsp3) is 0.333. The van der Waals surface area contributed by atoms with Crippen LogP contribution in [0.25, 0.3) is 0 Å². The van der Waals surface area contributed by atoms with E-state index < -0.39 is 29.1 Å². The van der Waals surface area contributed by atoms with E-state index in [0.29, 0.717) is 0 Å². The van der Waals surface area contributed by atoms with Gasteiger partial charge in [-0.1, -0.05) is 6.07 Å². The van der Waals surface area contributed by atoms with Crippen molar-refractivity contribution in [3.05, 3.63) is 28.3 Å². The molecule has 0 saturated heterocycles. The van der Waals surface area contributed by atoms with Crippen LogP contribution in [-0.4, -0.2) is 24.8 Å². The Labute approximate surface area is 94.3 Å². The lowest BCUT2D eigenvalue weighted by molar-refractivity contribution is -0.385. The molecule has 94 valence electrons. The Balaban J connectivity index is 3.02. The molecule has 0 unspecified atom stereocenters. The number of halogens is 3. The van der Waals surface area contributed by atoms with Gasteiger partial charge in [-0.05, 0) is 12.1 Å². The van der Waals surface area contributed by atoms with Crippen LogP contribution in [0.5, 0.6) is 5.75 Å². The van der Waals surface area contributed by atoms with Gasteiger partial charge in [0, 0.05) is 7.05 Å². The summed E-state index contributed by atoms with van der Waals surface area (Å²) in [5.41, 5.74) is -0.422. The molecule has 0 heterocycles. The maximum atomic E-state index is 11.9. The van der Waals surface area contributed by atoms with Crippen molar-refractivity contribution in [3.8, 4) is 5.75 Å². The Kier molecular flexibility index (Phi) is 3.77. The first-order chi connectivity index (χ1) is 7.85. The molecule has 1 aromatic carbocycles. The second-order valence-electron chi connectivity index (χ2n) is 3.06. The SMILES string of the molecule is CNc1cccc(OCC(F)(F)F)c1[N+](=O)[O-]. The number of nitro groups is 1. The van der Waals surface area contributed by atoms with Gasteiger partial charge >= 0.3 is 11.9 Å². The van der Waals surface area contributed by atoms with Crippen molar-refractivity contribution in [3.63, 3.8) is 0 Å². The van der Waals surface area contributed by atoms with Crippen LogP contribution >= 0.6 is 0 Å². The Hall–Kier alpha value is -1.99. The molecular formula is C9H9F3N2O3. The van der Waals surface area contributed by atoms with E-state index in [1.54, 1.807) is 0 Å². The van der Waals surface area contributed by atoms with E-state index in [9.17, 15) is 23.3 Å². The second kappa shape index (κ2) is 4.89. The number of hydrogen-bond acceptors (Lipinski definition) is 4. The molecule has 0 atom stereocenters. The molecule has 8 heteroatoms. The number of ether oxygens (including phenoxy) is 1. The van der Waals surface area contributed by atoms with Crippen LogP contribution in [0.4, 0.5) is 24.5 Å². The van der Waals surface area contributed by atoms with Crippen molar-refractivity contribution in [1.82, 2.24) is 0 Å². The summed E-state index contributed by atoms with van der Waals surface area (Å²) < 4.78 is 40.2. The number of alkyl halides is 3. The zero-order valence-electron chi connectivity index (χ0n) is 8.75. The summed E-state index contributed by atoms with van der Waals surface area (Å²) in [5.74, 6) is -0.417. The number of rotatable bonds is 4. The molecule has 0 bridgehead atoms. The molecule has 0 aliphatic carbocycles. The molecule has 0 aromatic heterocycles. The van der Waals surface area contributed by atoms with Gasteiger partial charge in [0.05, 0.1) is 4.92 Å². The maximum absolute atomic E-state index is 11.9. The number of anilines is 1. The molecule has 5 nitrogen and oxygen atoms in total. The quantitative estimate of drug-likeness (QED) is 0.658. The Morgan fingerprint density at radius 3 is 2.59 bits per heavy atom. The predicted octanol–water partition coefficient (Wildman–Crippen LogP) is 2.58. The molecule has 0 aliphatic heterocycles. The summed E-state index contributed by atoms with van der Waals surface area (Å²) >= 11 is 0. The average Bonchev–Trinajstić information content (AvgIpc) is 2.24. The topological polar surface area (TPSA) is 64.4 Å². The number of nitro benzene ring substituents is 1. The molecule has 0 fully saturated rings. The van der Waals surface area contributed by atoms with E-state index in [0.717, 1.165) is 6.07 Å². The maximum Gasteiger partial charge on any atom is 0.422 e. The molecule has 1 rings (SSSR count). The number of nitrogens with zero attached hydrogens (tertiary/aromatic N) is 1. The fourth-order valence-corrected chi connectivity index (χ4v) is 1.19. The van der Waals surface area contributed by atoms with E-state index in [1.807, 2.05) is 0 Å². The minimum Gasteiger partial charge on any atom is -0.477 e. The first kappa shape index (κ1) is 13.1. The van der Waals surface area contributed by atoms with E-state index in [-0.39, 0.29) is 5.69 Å². The summed E-state index contributed by atoms with van der Waals surface area (Å²) in [4.78, 5) is 9.94. The average molecular weight is 250 g/mol. The van der Waals surface area contributed by atoms with Crippen LogP contribution in [0.2, 0.25) is 0 Å². The monoisotopic (exact) mass is 250 g/mol. The third kappa shape index (κ3) is 3.51. The lowest BCUT2D eigenvalue weighted by atomic mass is 10.2. The van der Waals surface area contributed by atoms with Gasteiger partial charge in [0.15, 0.2) is 12.4 Å². The summed E-state index contributed by atoms with van der Waals surface area (Å²) in [5, 5.41) is 13.2. The summed E-state index contributed by atoms with van der Waals surface area (Å²) in [6, 6.07) is 3.85. The third-order valence-electron chi connectivity index (χ3n) is 1.84. The zero-order valence-corrected chi connectivity index (χ0v) is 8.75. The van der Waals surface area contributed by atoms with Crippen LogP contribution in [0, 0.1) is 10.1 Å². The van der Waals surface area contributed by atoms with Crippen molar-refractivity contribution in [1.29, 1.82) is 0 Å². The summed E-state index contributed by atoms with van der Waals surface area (Å²) in [7, 11) is 1.43. The smallest absolute Gasteiger partial charge is 0.422 e. The molecule has 1 N–H and O–H groups in total. The number of para-hydroxylation sites is 1. The lowest BCUT2D eigenvalue weighted by Gasteiger charge is -2.10. The predicted molar refractivity (Wildman–Crippen MR) is 54.2 cm³/mol. The van der Waals surface area contributed by atoms with Crippen molar-refractivity contribution in [2.24, 2.45) is 0 Å². The van der Waals surface area contributed by atoms with Crippen LogP contribution < -0.4 is 10.1 Å². The second-order valence-corrected chi connectivity index (χ2v) is 3.06. The van der Waals surface area contributed by atoms with Crippen molar-refractivity contribution in [2.45, 2.75) is 6.18 Å². The Morgan fingerprint density at radius 2 is 2.12 bits per heavy atom. The highest BCUT2D eigenvalue weighted by atomic mass is 19.4. The minimum absolute atomic E-state index is 0.0923. The largest absolute Gasteiger partial charge is 0.477 e. The third-order valence-corrected chi connectivity index (χ3v) is 1.84. The first-order valence-corrected chi connectivity index (χ1v) is 4.50. The van der Waals surface area contributed by atoms with Crippen LogP contribution in [-0.2, 0) is 0 Å². The van der Waals surface area contributed by atoms with Crippen molar-refractivity contribution in [2.75, 3.05) is 19.0 Å². The summed E-state index contributed by atoms with van der Waals surface area (Å²) in [6.45, 7) is -1.57. The van der Waals surface area contributed by atoms with Crippen LogP contribution in [0.3, 0.4) is 0 Å². The van der Waals surface area contributed by atoms with E-state index in [2.05, 4.69) is 10.1 Å². The van der Waals surface area contributed by atoms with Gasteiger partial charge in [0.25, 0.3) is 0 Å². The van der Waals surface area contributed by atoms with Gasteiger partial charge in [-0.15, -0.1) is 0 Å². The van der Waals surface area contributed by atoms with Crippen molar-refractivity contribution >= 4 is 11.4 Å². The summed E-state index contributed by atoms with van der Waals surface area (Å²) in [6.07, 6.45) is -4.54. The molecular weight excluding hydrogens is 241 g/mol. The standard InChI is InChI=1S/C9H9F3N2O3/c1-13-6-3-2-4-7(8(6)14(15)16)17-5-9(10,11)12/h2-4,13H,5H2,1H3. The van der Waals surface area contributed by atoms with E-state index >= 15 is 0 Å². The first-order valence-electron chi connectivity index (χ1n) is 4.50. The fourth-order valence-electron chi connectivity index (χ4n) is 1.19. The normalized spacial score (nSPS) is 11.1. The van der Waals surface area contributed by atoms with Crippen LogP contribution in [0.15, 0.2) is 18.2 Å². The van der Waals surface area contributed by atoms with Gasteiger partial charge in [0.2, 0.25) is 0 Å². The Morgan fingerprint density at radius 1 is 1.47 bits per heavy atom. The number of hydrogen-bond donors (Lipinski definition) is 1. The number of nitrogens with one attached hydrogen (secondary N) is 1. The molecule has 0 aliphatic rings. The molecule has 0 amide bonds. The molecule has 0 saturated carbocycles. The highest BCUT2D eigenvalue weighted by molar-refractivity contribution is 5.68. The highest BCUT2D eigenvalue weighted by Gasteiger charge is 2.30. The lowest BCUT2D eigenvalue weighted by Crippen LogP contribution is -2.19. The van der Waals surface area contributed by atoms with Gasteiger partial charge in [-0.25, -0.2) is 0 Å². The Bertz CT molecular complexity index is 420. The molecule has 0 radical (unpaired) electrons. The highest BCUT2D eigenvalue weighted by Crippen LogP contribution is 2.35. The van der Waals surface area contributed by atoms with Crippen molar-refractivity contribution < 1.29 is 22.8 Å². The van der Waals surface area contributed by atoms with E-state index in [4.69, 9.17) is 0 Å². The van der Waals surface area contributed by atoms with E-state index in [1.165, 1.54) is 19.2 Å². The van der Waals surface area contributed by atoms with Gasteiger partial charge in [-0.3, -0.25) is 10.1 Å². The van der Waals surface area contributed by atoms with Gasteiger partial charge in [-0.2, -0.15) is 13.2 Å². The van der Waals surface area contributed by atoms with Gasteiger partial charge in [0.1, 0.15) is 5.69 Å². The van der Waals surface area contributed by atoms with Crippen LogP contribution in [0.1, 0.15) is 0 Å². The number of benzene rings is 1. The minimum atomic E-state index is -4.54. The molecule has 1 aromatic rings. The zero-order chi connectivity index (χ0) is 13.1.